The zero-order valence-corrected chi connectivity index (χ0v) is 15.4. The molecule has 1 heterocycles. The number of anilines is 1. The van der Waals surface area contributed by atoms with Crippen LogP contribution < -0.4 is 4.90 Å². The van der Waals surface area contributed by atoms with E-state index in [2.05, 4.69) is 0 Å². The minimum absolute atomic E-state index is 0.102. The molecule has 138 valence electrons. The van der Waals surface area contributed by atoms with Crippen LogP contribution in [0.2, 0.25) is 0 Å². The van der Waals surface area contributed by atoms with Gasteiger partial charge in [-0.1, -0.05) is 78.9 Å². The number of ketones is 1. The highest BCUT2D eigenvalue weighted by Crippen LogP contribution is 2.42. The summed E-state index contributed by atoms with van der Waals surface area (Å²) >= 11 is 0. The molecule has 3 aromatic rings. The standard InChI is InChI=1S/C24H19NO3/c1-16-10-8-9-15-19(16)25-21(17-11-4-2-5-12-17)20(23(27)24(25)28)22(26)18-13-6-3-7-14-18/h2-15,21,26H,1H3/b22-20+. The van der Waals surface area contributed by atoms with E-state index in [9.17, 15) is 14.7 Å². The van der Waals surface area contributed by atoms with Crippen LogP contribution in [-0.4, -0.2) is 16.8 Å². The summed E-state index contributed by atoms with van der Waals surface area (Å²) in [4.78, 5) is 27.5. The van der Waals surface area contributed by atoms with Crippen LogP contribution in [0.15, 0.2) is 90.5 Å². The van der Waals surface area contributed by atoms with Gasteiger partial charge >= 0.3 is 0 Å². The van der Waals surface area contributed by atoms with Crippen LogP contribution in [0, 0.1) is 6.92 Å². The molecule has 0 spiro atoms. The molecule has 1 aliphatic rings. The van der Waals surface area contributed by atoms with Crippen molar-refractivity contribution in [3.05, 3.63) is 107 Å². The Balaban J connectivity index is 1.97. The smallest absolute Gasteiger partial charge is 0.300 e. The van der Waals surface area contributed by atoms with Crippen molar-refractivity contribution < 1.29 is 14.7 Å². The van der Waals surface area contributed by atoms with Crippen molar-refractivity contribution in [1.82, 2.24) is 0 Å². The Morgan fingerprint density at radius 2 is 1.39 bits per heavy atom. The maximum absolute atomic E-state index is 13.0. The van der Waals surface area contributed by atoms with Crippen LogP contribution >= 0.6 is 0 Å². The number of para-hydroxylation sites is 1. The van der Waals surface area contributed by atoms with Crippen molar-refractivity contribution in [3.8, 4) is 0 Å². The average molecular weight is 369 g/mol. The zero-order valence-electron chi connectivity index (χ0n) is 15.4. The van der Waals surface area contributed by atoms with E-state index < -0.39 is 17.7 Å². The number of hydrogen-bond acceptors (Lipinski definition) is 3. The molecule has 1 N–H and O–H groups in total. The van der Waals surface area contributed by atoms with E-state index in [-0.39, 0.29) is 11.3 Å². The third kappa shape index (κ3) is 2.89. The summed E-state index contributed by atoms with van der Waals surface area (Å²) in [5.74, 6) is -1.48. The summed E-state index contributed by atoms with van der Waals surface area (Å²) in [5, 5.41) is 11.0. The molecular formula is C24H19NO3. The molecule has 1 aliphatic heterocycles. The van der Waals surface area contributed by atoms with Gasteiger partial charge in [0.2, 0.25) is 0 Å². The average Bonchev–Trinajstić information content (AvgIpc) is 3.00. The minimum Gasteiger partial charge on any atom is -0.507 e. The number of hydrogen-bond donors (Lipinski definition) is 1. The molecular weight excluding hydrogens is 350 g/mol. The van der Waals surface area contributed by atoms with Crippen LogP contribution in [0.3, 0.4) is 0 Å². The fourth-order valence-corrected chi connectivity index (χ4v) is 3.62. The van der Waals surface area contributed by atoms with Crippen LogP contribution in [0.4, 0.5) is 5.69 Å². The van der Waals surface area contributed by atoms with Gasteiger partial charge in [-0.2, -0.15) is 0 Å². The van der Waals surface area contributed by atoms with E-state index in [1.54, 1.807) is 24.3 Å². The summed E-state index contributed by atoms with van der Waals surface area (Å²) in [7, 11) is 0. The fraction of sp³-hybridized carbons (Fsp3) is 0.0833. The van der Waals surface area contributed by atoms with E-state index in [0.717, 1.165) is 11.1 Å². The third-order valence-electron chi connectivity index (χ3n) is 4.98. The van der Waals surface area contributed by atoms with Gasteiger partial charge in [-0.3, -0.25) is 14.5 Å². The molecule has 1 atom stereocenters. The molecule has 0 aromatic heterocycles. The molecule has 3 aromatic carbocycles. The van der Waals surface area contributed by atoms with Gasteiger partial charge in [-0.25, -0.2) is 0 Å². The van der Waals surface area contributed by atoms with E-state index >= 15 is 0 Å². The zero-order chi connectivity index (χ0) is 19.7. The lowest BCUT2D eigenvalue weighted by Gasteiger charge is -2.26. The highest BCUT2D eigenvalue weighted by Gasteiger charge is 2.47. The van der Waals surface area contributed by atoms with Gasteiger partial charge in [0, 0.05) is 11.3 Å². The first kappa shape index (κ1) is 17.7. The lowest BCUT2D eigenvalue weighted by Crippen LogP contribution is -2.30. The van der Waals surface area contributed by atoms with Crippen molar-refractivity contribution in [2.45, 2.75) is 13.0 Å². The normalized spacial score (nSPS) is 18.5. The van der Waals surface area contributed by atoms with E-state index in [0.29, 0.717) is 11.3 Å². The second kappa shape index (κ2) is 7.16. The summed E-state index contributed by atoms with van der Waals surface area (Å²) in [5.41, 5.74) is 2.91. The monoisotopic (exact) mass is 369 g/mol. The van der Waals surface area contributed by atoms with Crippen molar-refractivity contribution in [2.24, 2.45) is 0 Å². The number of rotatable bonds is 3. The summed E-state index contributed by atoms with van der Waals surface area (Å²) in [6.07, 6.45) is 0. The van der Waals surface area contributed by atoms with Crippen molar-refractivity contribution in [1.29, 1.82) is 0 Å². The van der Waals surface area contributed by atoms with E-state index in [1.807, 2.05) is 67.6 Å². The van der Waals surface area contributed by atoms with Crippen molar-refractivity contribution in [3.63, 3.8) is 0 Å². The van der Waals surface area contributed by atoms with E-state index in [4.69, 9.17) is 0 Å². The Kier molecular flexibility index (Phi) is 4.53. The van der Waals surface area contributed by atoms with Gasteiger partial charge in [0.25, 0.3) is 11.7 Å². The summed E-state index contributed by atoms with van der Waals surface area (Å²) < 4.78 is 0. The maximum atomic E-state index is 13.0. The molecule has 28 heavy (non-hydrogen) atoms. The molecule has 0 bridgehead atoms. The molecule has 4 nitrogen and oxygen atoms in total. The first-order valence-electron chi connectivity index (χ1n) is 9.06. The van der Waals surface area contributed by atoms with Crippen LogP contribution in [0.5, 0.6) is 0 Å². The van der Waals surface area contributed by atoms with Gasteiger partial charge in [0.05, 0.1) is 11.6 Å². The predicted molar refractivity (Wildman–Crippen MR) is 109 cm³/mol. The number of aryl methyl sites for hydroxylation is 1. The molecule has 0 aliphatic carbocycles. The summed E-state index contributed by atoms with van der Waals surface area (Å²) in [6, 6.07) is 24.9. The minimum atomic E-state index is -0.692. The first-order valence-corrected chi connectivity index (χ1v) is 9.06. The number of Topliss-reactive ketones (excluding diaryl/α,β-unsaturated/α-hetero) is 1. The Hall–Kier alpha value is -3.66. The molecule has 1 amide bonds. The van der Waals surface area contributed by atoms with Gasteiger partial charge < -0.3 is 5.11 Å². The second-order valence-corrected chi connectivity index (χ2v) is 6.73. The van der Waals surface area contributed by atoms with E-state index in [1.165, 1.54) is 4.90 Å². The summed E-state index contributed by atoms with van der Waals surface area (Å²) in [6.45, 7) is 1.90. The molecule has 0 saturated carbocycles. The fourth-order valence-electron chi connectivity index (χ4n) is 3.62. The van der Waals surface area contributed by atoms with Crippen LogP contribution in [0.1, 0.15) is 22.7 Å². The molecule has 1 fully saturated rings. The van der Waals surface area contributed by atoms with Crippen LogP contribution in [-0.2, 0) is 9.59 Å². The van der Waals surface area contributed by atoms with Gasteiger partial charge in [0.15, 0.2) is 0 Å². The highest BCUT2D eigenvalue weighted by atomic mass is 16.3. The number of carbonyl (C=O) groups excluding carboxylic acids is 2. The first-order chi connectivity index (χ1) is 13.6. The molecule has 1 saturated heterocycles. The Labute approximate surface area is 163 Å². The second-order valence-electron chi connectivity index (χ2n) is 6.73. The number of aliphatic hydroxyl groups is 1. The number of nitrogens with zero attached hydrogens (tertiary/aromatic N) is 1. The Morgan fingerprint density at radius 3 is 2.04 bits per heavy atom. The van der Waals surface area contributed by atoms with Crippen molar-refractivity contribution in [2.75, 3.05) is 4.90 Å². The maximum Gasteiger partial charge on any atom is 0.300 e. The molecule has 0 radical (unpaired) electrons. The number of carbonyl (C=O) groups is 2. The Morgan fingerprint density at radius 1 is 0.821 bits per heavy atom. The lowest BCUT2D eigenvalue weighted by atomic mass is 9.95. The lowest BCUT2D eigenvalue weighted by molar-refractivity contribution is -0.132. The molecule has 4 heteroatoms. The van der Waals surface area contributed by atoms with Crippen molar-refractivity contribution >= 4 is 23.1 Å². The number of amides is 1. The number of aliphatic hydroxyl groups excluding tert-OH is 1. The van der Waals surface area contributed by atoms with Crippen LogP contribution in [0.25, 0.3) is 5.76 Å². The SMILES string of the molecule is Cc1ccccc1N1C(=O)C(=O)/C(=C(/O)c2ccccc2)C1c1ccccc1. The van der Waals surface area contributed by atoms with Gasteiger partial charge in [0.1, 0.15) is 5.76 Å². The number of benzene rings is 3. The van der Waals surface area contributed by atoms with Gasteiger partial charge in [-0.15, -0.1) is 0 Å². The highest BCUT2D eigenvalue weighted by molar-refractivity contribution is 6.51. The quantitative estimate of drug-likeness (QED) is 0.416. The Bertz CT molecular complexity index is 1070. The topological polar surface area (TPSA) is 57.6 Å². The third-order valence-corrected chi connectivity index (χ3v) is 4.98. The largest absolute Gasteiger partial charge is 0.507 e. The molecule has 4 rings (SSSR count). The molecule has 1 unspecified atom stereocenters. The van der Waals surface area contributed by atoms with Gasteiger partial charge in [-0.05, 0) is 24.1 Å². The predicted octanol–water partition coefficient (Wildman–Crippen LogP) is 4.62.